The zero-order chi connectivity index (χ0) is 16.2. The number of fused-ring (bicyclic) bond motifs is 3. The van der Waals surface area contributed by atoms with Crippen LogP contribution in [0.5, 0.6) is 0 Å². The van der Waals surface area contributed by atoms with E-state index in [9.17, 15) is 4.79 Å². The number of aromatic nitrogens is 2. The molecular formula is C18H19N3O2. The fourth-order valence-electron chi connectivity index (χ4n) is 2.54. The maximum Gasteiger partial charge on any atom is 0.244 e. The van der Waals surface area contributed by atoms with Crippen LogP contribution < -0.4 is 5.32 Å². The van der Waals surface area contributed by atoms with E-state index in [1.54, 1.807) is 12.3 Å². The molecule has 0 bridgehead atoms. The summed E-state index contributed by atoms with van der Waals surface area (Å²) in [7, 11) is 0. The normalized spacial score (nSPS) is 13.0. The number of aromatic amines is 1. The molecule has 0 saturated carbocycles. The summed E-state index contributed by atoms with van der Waals surface area (Å²) < 4.78 is 0. The Morgan fingerprint density at radius 1 is 1.35 bits per heavy atom. The summed E-state index contributed by atoms with van der Waals surface area (Å²) >= 11 is 0. The monoisotopic (exact) mass is 309 g/mol. The third kappa shape index (κ3) is 3.24. The fourth-order valence-corrected chi connectivity index (χ4v) is 2.54. The smallest absolute Gasteiger partial charge is 0.244 e. The minimum Gasteiger partial charge on any atom is -0.394 e. The molecule has 2 heterocycles. The van der Waals surface area contributed by atoms with E-state index in [4.69, 9.17) is 5.11 Å². The van der Waals surface area contributed by atoms with Gasteiger partial charge in [0.2, 0.25) is 5.91 Å². The van der Waals surface area contributed by atoms with Gasteiger partial charge in [-0.1, -0.05) is 25.1 Å². The van der Waals surface area contributed by atoms with Crippen molar-refractivity contribution >= 4 is 33.8 Å². The van der Waals surface area contributed by atoms with Crippen molar-refractivity contribution in [2.45, 2.75) is 19.4 Å². The number of amides is 1. The Hall–Kier alpha value is -2.66. The van der Waals surface area contributed by atoms with Gasteiger partial charge in [-0.05, 0) is 24.6 Å². The number of pyridine rings is 1. The number of rotatable bonds is 5. The van der Waals surface area contributed by atoms with Gasteiger partial charge in [0.25, 0.3) is 0 Å². The molecule has 1 amide bonds. The van der Waals surface area contributed by atoms with Crippen molar-refractivity contribution in [1.82, 2.24) is 15.3 Å². The van der Waals surface area contributed by atoms with Gasteiger partial charge in [0.15, 0.2) is 0 Å². The molecule has 2 aromatic heterocycles. The Balaban J connectivity index is 1.84. The van der Waals surface area contributed by atoms with E-state index < -0.39 is 0 Å². The number of aliphatic hydroxyl groups is 1. The van der Waals surface area contributed by atoms with Crippen LogP contribution >= 0.6 is 0 Å². The zero-order valence-corrected chi connectivity index (χ0v) is 12.9. The predicted octanol–water partition coefficient (Wildman–Crippen LogP) is 2.62. The first-order chi connectivity index (χ1) is 11.2. The van der Waals surface area contributed by atoms with E-state index in [0.717, 1.165) is 27.5 Å². The number of nitrogens with zero attached hydrogens (tertiary/aromatic N) is 1. The van der Waals surface area contributed by atoms with Gasteiger partial charge in [0, 0.05) is 22.4 Å². The number of benzene rings is 1. The van der Waals surface area contributed by atoms with Gasteiger partial charge >= 0.3 is 0 Å². The summed E-state index contributed by atoms with van der Waals surface area (Å²) in [5.41, 5.74) is 2.76. The second kappa shape index (κ2) is 6.62. The van der Waals surface area contributed by atoms with Crippen molar-refractivity contribution in [1.29, 1.82) is 0 Å². The van der Waals surface area contributed by atoms with E-state index in [2.05, 4.69) is 21.4 Å². The minimum atomic E-state index is -0.230. The fraction of sp³-hybridized carbons (Fsp3) is 0.222. The highest BCUT2D eigenvalue weighted by atomic mass is 16.3. The number of hydrogen-bond donors (Lipinski definition) is 3. The Morgan fingerprint density at radius 3 is 2.96 bits per heavy atom. The van der Waals surface area contributed by atoms with Gasteiger partial charge < -0.3 is 15.4 Å². The Kier molecular flexibility index (Phi) is 4.39. The van der Waals surface area contributed by atoms with Gasteiger partial charge in [-0.3, -0.25) is 9.78 Å². The van der Waals surface area contributed by atoms with Crippen molar-refractivity contribution in [2.24, 2.45) is 0 Å². The molecule has 0 spiro atoms. The first-order valence-corrected chi connectivity index (χ1v) is 7.67. The molecule has 3 aromatic rings. The highest BCUT2D eigenvalue weighted by Gasteiger charge is 2.07. The number of carbonyl (C=O) groups excluding carboxylic acids is 1. The molecule has 23 heavy (non-hydrogen) atoms. The molecular weight excluding hydrogens is 290 g/mol. The maximum absolute atomic E-state index is 11.8. The summed E-state index contributed by atoms with van der Waals surface area (Å²) in [5, 5.41) is 14.1. The van der Waals surface area contributed by atoms with E-state index in [1.165, 1.54) is 6.08 Å². The summed E-state index contributed by atoms with van der Waals surface area (Å²) in [6, 6.07) is 9.82. The Labute approximate surface area is 134 Å². The van der Waals surface area contributed by atoms with E-state index >= 15 is 0 Å². The first-order valence-electron chi connectivity index (χ1n) is 7.67. The van der Waals surface area contributed by atoms with E-state index in [0.29, 0.717) is 6.42 Å². The molecule has 1 aromatic carbocycles. The molecule has 5 nitrogen and oxygen atoms in total. The van der Waals surface area contributed by atoms with E-state index in [1.807, 2.05) is 31.2 Å². The highest BCUT2D eigenvalue weighted by Crippen LogP contribution is 2.25. The molecule has 118 valence electrons. The van der Waals surface area contributed by atoms with Crippen molar-refractivity contribution in [3.05, 3.63) is 48.3 Å². The maximum atomic E-state index is 11.8. The first kappa shape index (κ1) is 15.2. The van der Waals surface area contributed by atoms with Gasteiger partial charge in [0.1, 0.15) is 0 Å². The van der Waals surface area contributed by atoms with Crippen LogP contribution in [-0.2, 0) is 4.79 Å². The Bertz CT molecular complexity index is 863. The molecule has 1 atom stereocenters. The van der Waals surface area contributed by atoms with Gasteiger partial charge in [-0.2, -0.15) is 0 Å². The second-order valence-electron chi connectivity index (χ2n) is 5.46. The molecule has 0 aliphatic carbocycles. The average Bonchev–Trinajstić information content (AvgIpc) is 2.95. The van der Waals surface area contributed by atoms with Crippen LogP contribution in [0.25, 0.3) is 27.9 Å². The number of hydrogen-bond acceptors (Lipinski definition) is 3. The summed E-state index contributed by atoms with van der Waals surface area (Å²) in [4.78, 5) is 19.5. The van der Waals surface area contributed by atoms with Crippen LogP contribution in [0, 0.1) is 0 Å². The van der Waals surface area contributed by atoms with Crippen LogP contribution in [0.15, 0.2) is 42.6 Å². The average molecular weight is 309 g/mol. The molecule has 0 radical (unpaired) electrons. The molecule has 0 aliphatic heterocycles. The molecule has 0 saturated heterocycles. The second-order valence-corrected chi connectivity index (χ2v) is 5.46. The molecule has 3 N–H and O–H groups in total. The van der Waals surface area contributed by atoms with E-state index in [-0.39, 0.29) is 18.6 Å². The number of aliphatic hydroxyl groups excluding tert-OH is 1. The van der Waals surface area contributed by atoms with Crippen LogP contribution in [0.4, 0.5) is 0 Å². The molecule has 3 rings (SSSR count). The SMILES string of the molecule is CCC(CO)NC(=O)/C=C/c1cc2c(cn1)[nH]c1ccccc12. The third-order valence-electron chi connectivity index (χ3n) is 3.88. The van der Waals surface area contributed by atoms with Gasteiger partial charge in [-0.25, -0.2) is 0 Å². The number of nitrogens with one attached hydrogen (secondary N) is 2. The molecule has 5 heteroatoms. The number of para-hydroxylation sites is 1. The van der Waals surface area contributed by atoms with Crippen molar-refractivity contribution < 1.29 is 9.90 Å². The standard InChI is InChI=1S/C18H19N3O2/c1-2-12(11-22)20-18(23)8-7-13-9-15-14-5-3-4-6-16(14)21-17(15)10-19-13/h3-10,12,21-22H,2,11H2,1H3,(H,20,23)/b8-7+. The lowest BCUT2D eigenvalue weighted by molar-refractivity contribution is -0.117. The van der Waals surface area contributed by atoms with Crippen LogP contribution in [-0.4, -0.2) is 33.6 Å². The quantitative estimate of drug-likeness (QED) is 0.634. The topological polar surface area (TPSA) is 78.0 Å². The summed E-state index contributed by atoms with van der Waals surface area (Å²) in [5.74, 6) is -0.230. The number of H-pyrrole nitrogens is 1. The van der Waals surface area contributed by atoms with Crippen LogP contribution in [0.2, 0.25) is 0 Å². The lowest BCUT2D eigenvalue weighted by Gasteiger charge is -2.11. The minimum absolute atomic E-state index is 0.0599. The molecule has 0 fully saturated rings. The third-order valence-corrected chi connectivity index (χ3v) is 3.88. The summed E-state index contributed by atoms with van der Waals surface area (Å²) in [6.45, 7) is 1.85. The largest absolute Gasteiger partial charge is 0.394 e. The lowest BCUT2D eigenvalue weighted by Crippen LogP contribution is -2.35. The van der Waals surface area contributed by atoms with Crippen molar-refractivity contribution in [3.63, 3.8) is 0 Å². The van der Waals surface area contributed by atoms with Gasteiger partial charge in [0.05, 0.1) is 30.1 Å². The highest BCUT2D eigenvalue weighted by molar-refractivity contribution is 6.07. The van der Waals surface area contributed by atoms with Crippen LogP contribution in [0.1, 0.15) is 19.0 Å². The lowest BCUT2D eigenvalue weighted by atomic mass is 10.1. The summed E-state index contributed by atoms with van der Waals surface area (Å²) in [6.07, 6.45) is 5.59. The zero-order valence-electron chi connectivity index (χ0n) is 12.9. The van der Waals surface area contributed by atoms with Gasteiger partial charge in [-0.15, -0.1) is 0 Å². The van der Waals surface area contributed by atoms with Crippen molar-refractivity contribution in [2.75, 3.05) is 6.61 Å². The Morgan fingerprint density at radius 2 is 2.17 bits per heavy atom. The van der Waals surface area contributed by atoms with Crippen LogP contribution in [0.3, 0.4) is 0 Å². The predicted molar refractivity (Wildman–Crippen MR) is 91.9 cm³/mol. The molecule has 1 unspecified atom stereocenters. The molecule has 0 aliphatic rings. The number of carbonyl (C=O) groups is 1. The van der Waals surface area contributed by atoms with Crippen molar-refractivity contribution in [3.8, 4) is 0 Å².